The van der Waals surface area contributed by atoms with Gasteiger partial charge in [-0.25, -0.2) is 9.18 Å². The van der Waals surface area contributed by atoms with Crippen LogP contribution in [0.1, 0.15) is 35.7 Å². The van der Waals surface area contributed by atoms with Gasteiger partial charge in [0.15, 0.2) is 0 Å². The molecule has 1 aromatic carbocycles. The van der Waals surface area contributed by atoms with Crippen molar-refractivity contribution >= 4 is 5.97 Å². The lowest BCUT2D eigenvalue weighted by Crippen LogP contribution is -2.34. The fraction of sp³-hybridized carbons (Fsp3) is 0.500. The van der Waals surface area contributed by atoms with Crippen molar-refractivity contribution in [1.82, 2.24) is 4.90 Å². The maximum absolute atomic E-state index is 13.1. The van der Waals surface area contributed by atoms with E-state index in [0.717, 1.165) is 25.6 Å². The second-order valence-electron chi connectivity index (χ2n) is 5.09. The number of piperidine rings is 1. The zero-order chi connectivity index (χ0) is 13.1. The lowest BCUT2D eigenvalue weighted by Gasteiger charge is -2.31. The Hall–Kier alpha value is -1.42. The Morgan fingerprint density at radius 3 is 3.00 bits per heavy atom. The fourth-order valence-electron chi connectivity index (χ4n) is 2.56. The van der Waals surface area contributed by atoms with Crippen LogP contribution in [0, 0.1) is 11.7 Å². The molecule has 1 aliphatic rings. The van der Waals surface area contributed by atoms with Gasteiger partial charge in [0, 0.05) is 13.1 Å². The number of carbonyl (C=O) groups is 1. The molecule has 1 atom stereocenters. The minimum Gasteiger partial charge on any atom is -0.478 e. The maximum atomic E-state index is 13.1. The van der Waals surface area contributed by atoms with E-state index in [-0.39, 0.29) is 5.56 Å². The Balaban J connectivity index is 2.15. The van der Waals surface area contributed by atoms with Crippen LogP contribution >= 0.6 is 0 Å². The molecular weight excluding hydrogens is 233 g/mol. The van der Waals surface area contributed by atoms with Crippen LogP contribution in [0.4, 0.5) is 4.39 Å². The molecule has 1 unspecified atom stereocenters. The first-order chi connectivity index (χ1) is 8.56. The topological polar surface area (TPSA) is 40.5 Å². The van der Waals surface area contributed by atoms with Crippen LogP contribution in [0.25, 0.3) is 0 Å². The predicted octanol–water partition coefficient (Wildman–Crippen LogP) is 2.76. The summed E-state index contributed by atoms with van der Waals surface area (Å²) in [6.45, 7) is 4.76. The van der Waals surface area contributed by atoms with Crippen LogP contribution in [-0.2, 0) is 6.54 Å². The monoisotopic (exact) mass is 251 g/mol. The van der Waals surface area contributed by atoms with Crippen LogP contribution in [-0.4, -0.2) is 29.1 Å². The van der Waals surface area contributed by atoms with Gasteiger partial charge in [0.2, 0.25) is 0 Å². The van der Waals surface area contributed by atoms with Gasteiger partial charge >= 0.3 is 5.97 Å². The summed E-state index contributed by atoms with van der Waals surface area (Å²) >= 11 is 0. The van der Waals surface area contributed by atoms with E-state index in [0.29, 0.717) is 18.0 Å². The Kier molecular flexibility index (Phi) is 3.97. The second-order valence-corrected chi connectivity index (χ2v) is 5.09. The lowest BCUT2D eigenvalue weighted by atomic mass is 9.99. The summed E-state index contributed by atoms with van der Waals surface area (Å²) in [6.07, 6.45) is 2.37. The van der Waals surface area contributed by atoms with E-state index < -0.39 is 11.8 Å². The smallest absolute Gasteiger partial charge is 0.336 e. The average molecular weight is 251 g/mol. The second kappa shape index (κ2) is 5.48. The molecule has 0 radical (unpaired) electrons. The molecule has 1 fully saturated rings. The highest BCUT2D eigenvalue weighted by molar-refractivity contribution is 5.89. The molecule has 2 rings (SSSR count). The Morgan fingerprint density at radius 1 is 1.56 bits per heavy atom. The van der Waals surface area contributed by atoms with Crippen molar-refractivity contribution < 1.29 is 14.3 Å². The van der Waals surface area contributed by atoms with Gasteiger partial charge in [0.05, 0.1) is 5.56 Å². The molecule has 1 aliphatic heterocycles. The van der Waals surface area contributed by atoms with Gasteiger partial charge in [0.25, 0.3) is 0 Å². The molecule has 0 spiro atoms. The van der Waals surface area contributed by atoms with Crippen molar-refractivity contribution in [2.75, 3.05) is 13.1 Å². The molecular formula is C14H18FNO2. The van der Waals surface area contributed by atoms with E-state index in [1.807, 2.05) is 0 Å². The van der Waals surface area contributed by atoms with Crippen molar-refractivity contribution in [3.05, 3.63) is 35.1 Å². The van der Waals surface area contributed by atoms with E-state index in [4.69, 9.17) is 5.11 Å². The zero-order valence-corrected chi connectivity index (χ0v) is 10.5. The molecule has 1 N–H and O–H groups in total. The van der Waals surface area contributed by atoms with Gasteiger partial charge in [-0.1, -0.05) is 13.0 Å². The molecule has 1 aromatic rings. The number of nitrogens with zero attached hydrogens (tertiary/aromatic N) is 1. The molecule has 98 valence electrons. The molecule has 0 saturated carbocycles. The minimum atomic E-state index is -1.06. The van der Waals surface area contributed by atoms with Crippen LogP contribution in [0.5, 0.6) is 0 Å². The Bertz CT molecular complexity index is 447. The van der Waals surface area contributed by atoms with Gasteiger partial charge in [-0.05, 0) is 43.0 Å². The van der Waals surface area contributed by atoms with Crippen LogP contribution in [0.15, 0.2) is 18.2 Å². The Morgan fingerprint density at radius 2 is 2.33 bits per heavy atom. The lowest BCUT2D eigenvalue weighted by molar-refractivity contribution is 0.0693. The quantitative estimate of drug-likeness (QED) is 0.898. The molecule has 3 nitrogen and oxygen atoms in total. The van der Waals surface area contributed by atoms with Crippen molar-refractivity contribution in [2.45, 2.75) is 26.3 Å². The van der Waals surface area contributed by atoms with Gasteiger partial charge < -0.3 is 5.11 Å². The fourth-order valence-corrected chi connectivity index (χ4v) is 2.56. The molecule has 0 aliphatic carbocycles. The number of likely N-dealkylation sites (tertiary alicyclic amines) is 1. The molecule has 4 heteroatoms. The highest BCUT2D eigenvalue weighted by Crippen LogP contribution is 2.20. The van der Waals surface area contributed by atoms with Gasteiger partial charge in [0.1, 0.15) is 5.82 Å². The minimum absolute atomic E-state index is 0.0771. The number of aromatic carboxylic acids is 1. The van der Waals surface area contributed by atoms with E-state index in [1.165, 1.54) is 12.5 Å². The standard InChI is InChI=1S/C14H18FNO2/c1-10-3-2-6-16(8-10)9-11-4-5-12(15)7-13(11)14(17)18/h4-5,7,10H,2-3,6,8-9H2,1H3,(H,17,18). The number of carboxylic acid groups (broad SMARTS) is 1. The summed E-state index contributed by atoms with van der Waals surface area (Å²) in [4.78, 5) is 13.3. The summed E-state index contributed by atoms with van der Waals surface area (Å²) in [7, 11) is 0. The first kappa shape index (κ1) is 13.0. The number of halogens is 1. The van der Waals surface area contributed by atoms with Crippen molar-refractivity contribution in [2.24, 2.45) is 5.92 Å². The van der Waals surface area contributed by atoms with Crippen LogP contribution in [0.3, 0.4) is 0 Å². The SMILES string of the molecule is CC1CCCN(Cc2ccc(F)cc2C(=O)O)C1. The number of carboxylic acids is 1. The molecule has 0 bridgehead atoms. The van der Waals surface area contributed by atoms with Crippen molar-refractivity contribution in [3.63, 3.8) is 0 Å². The number of hydrogen-bond donors (Lipinski definition) is 1. The summed E-state index contributed by atoms with van der Waals surface area (Å²) < 4.78 is 13.1. The number of rotatable bonds is 3. The summed E-state index contributed by atoms with van der Waals surface area (Å²) in [5, 5.41) is 9.09. The van der Waals surface area contributed by atoms with E-state index >= 15 is 0 Å². The summed E-state index contributed by atoms with van der Waals surface area (Å²) in [6, 6.07) is 4.01. The molecule has 1 saturated heterocycles. The third-order valence-electron chi connectivity index (χ3n) is 3.44. The van der Waals surface area contributed by atoms with Gasteiger partial charge in [-0.2, -0.15) is 0 Å². The number of benzene rings is 1. The van der Waals surface area contributed by atoms with E-state index in [2.05, 4.69) is 11.8 Å². The van der Waals surface area contributed by atoms with Gasteiger partial charge in [-0.3, -0.25) is 4.90 Å². The first-order valence-corrected chi connectivity index (χ1v) is 6.30. The largest absolute Gasteiger partial charge is 0.478 e. The third kappa shape index (κ3) is 3.07. The average Bonchev–Trinajstić information content (AvgIpc) is 2.31. The summed E-state index contributed by atoms with van der Waals surface area (Å²) in [5.41, 5.74) is 0.770. The van der Waals surface area contributed by atoms with Gasteiger partial charge in [-0.15, -0.1) is 0 Å². The Labute approximate surface area is 106 Å². The van der Waals surface area contributed by atoms with Crippen molar-refractivity contribution in [3.8, 4) is 0 Å². The third-order valence-corrected chi connectivity index (χ3v) is 3.44. The molecule has 1 heterocycles. The van der Waals surface area contributed by atoms with Crippen LogP contribution < -0.4 is 0 Å². The molecule has 18 heavy (non-hydrogen) atoms. The van der Waals surface area contributed by atoms with Crippen molar-refractivity contribution in [1.29, 1.82) is 0 Å². The normalized spacial score (nSPS) is 20.9. The molecule has 0 aromatic heterocycles. The highest BCUT2D eigenvalue weighted by Gasteiger charge is 2.19. The number of hydrogen-bond acceptors (Lipinski definition) is 2. The zero-order valence-electron chi connectivity index (χ0n) is 10.5. The predicted molar refractivity (Wildman–Crippen MR) is 67.0 cm³/mol. The van der Waals surface area contributed by atoms with E-state index in [9.17, 15) is 9.18 Å². The highest BCUT2D eigenvalue weighted by atomic mass is 19.1. The first-order valence-electron chi connectivity index (χ1n) is 6.30. The molecule has 0 amide bonds. The summed E-state index contributed by atoms with van der Waals surface area (Å²) in [5.74, 6) is -0.912. The van der Waals surface area contributed by atoms with Crippen LogP contribution in [0.2, 0.25) is 0 Å². The van der Waals surface area contributed by atoms with E-state index in [1.54, 1.807) is 6.07 Å². The maximum Gasteiger partial charge on any atom is 0.336 e.